The summed E-state index contributed by atoms with van der Waals surface area (Å²) in [6, 6.07) is 11.6. The molecule has 0 bridgehead atoms. The highest BCUT2D eigenvalue weighted by Crippen LogP contribution is 2.35. The Kier molecular flexibility index (Phi) is 4.48. The maximum Gasteiger partial charge on any atom is 0.186 e. The first-order valence-corrected chi connectivity index (χ1v) is 9.57. The molecule has 1 fully saturated rings. The van der Waals surface area contributed by atoms with E-state index in [0.717, 1.165) is 52.2 Å². The minimum absolute atomic E-state index is 0.597. The van der Waals surface area contributed by atoms with Crippen LogP contribution < -0.4 is 9.80 Å². The van der Waals surface area contributed by atoms with E-state index in [2.05, 4.69) is 9.80 Å². The summed E-state index contributed by atoms with van der Waals surface area (Å²) in [6.45, 7) is 3.57. The second kappa shape index (κ2) is 6.60. The van der Waals surface area contributed by atoms with Crippen LogP contribution in [-0.4, -0.2) is 31.2 Å². The Bertz CT molecular complexity index is 888. The maximum absolute atomic E-state index is 6.34. The number of piperazine rings is 1. The van der Waals surface area contributed by atoms with Crippen LogP contribution in [0.5, 0.6) is 0 Å². The van der Waals surface area contributed by atoms with E-state index in [1.807, 2.05) is 36.4 Å². The Morgan fingerprint density at radius 1 is 0.917 bits per heavy atom. The Morgan fingerprint density at radius 2 is 1.67 bits per heavy atom. The summed E-state index contributed by atoms with van der Waals surface area (Å²) in [5.74, 6) is 0. The highest BCUT2D eigenvalue weighted by Gasteiger charge is 2.22. The van der Waals surface area contributed by atoms with E-state index in [4.69, 9.17) is 39.8 Å². The molecule has 1 aromatic heterocycles. The van der Waals surface area contributed by atoms with Crippen LogP contribution >= 0.6 is 46.1 Å². The number of nitrogens with zero attached hydrogens (tertiary/aromatic N) is 3. The number of benzene rings is 2. The van der Waals surface area contributed by atoms with Crippen molar-refractivity contribution in [1.29, 1.82) is 0 Å². The first-order valence-electron chi connectivity index (χ1n) is 7.62. The van der Waals surface area contributed by atoms with E-state index < -0.39 is 0 Å². The number of rotatable bonds is 2. The second-order valence-electron chi connectivity index (χ2n) is 5.66. The van der Waals surface area contributed by atoms with Crippen LogP contribution in [0.3, 0.4) is 0 Å². The van der Waals surface area contributed by atoms with Gasteiger partial charge in [0, 0.05) is 31.2 Å². The van der Waals surface area contributed by atoms with Gasteiger partial charge in [-0.2, -0.15) is 0 Å². The van der Waals surface area contributed by atoms with Gasteiger partial charge in [-0.15, -0.1) is 0 Å². The summed E-state index contributed by atoms with van der Waals surface area (Å²) in [5.41, 5.74) is 2.00. The van der Waals surface area contributed by atoms with Crippen molar-refractivity contribution >= 4 is 67.2 Å². The molecular weight excluding hydrogens is 385 g/mol. The standard InChI is InChI=1S/C17H14Cl3N3S/c18-11-4-5-13-15(10-11)24-17(21-13)23-8-6-22(7-9-23)14-3-1-2-12(19)16(14)20/h1-5,10H,6-9H2. The van der Waals surface area contributed by atoms with Gasteiger partial charge in [0.2, 0.25) is 0 Å². The van der Waals surface area contributed by atoms with Crippen molar-refractivity contribution in [2.24, 2.45) is 0 Å². The first kappa shape index (κ1) is 16.3. The fourth-order valence-corrected chi connectivity index (χ4v) is 4.61. The van der Waals surface area contributed by atoms with E-state index in [1.165, 1.54) is 0 Å². The number of thiazole rings is 1. The summed E-state index contributed by atoms with van der Waals surface area (Å²) in [4.78, 5) is 9.31. The summed E-state index contributed by atoms with van der Waals surface area (Å²) in [5, 5.41) is 3.02. The van der Waals surface area contributed by atoms with E-state index in [1.54, 1.807) is 11.3 Å². The first-order chi connectivity index (χ1) is 11.6. The summed E-state index contributed by atoms with van der Waals surface area (Å²) in [6.07, 6.45) is 0. The SMILES string of the molecule is Clc1ccc2nc(N3CCN(c4cccc(Cl)c4Cl)CC3)sc2c1. The van der Waals surface area contributed by atoms with Gasteiger partial charge in [0.1, 0.15) is 0 Å². The zero-order chi connectivity index (χ0) is 16.7. The molecule has 0 atom stereocenters. The number of fused-ring (bicyclic) bond motifs is 1. The predicted octanol–water partition coefficient (Wildman–Crippen LogP) is 5.58. The minimum atomic E-state index is 0.597. The van der Waals surface area contributed by atoms with Crippen molar-refractivity contribution in [2.75, 3.05) is 36.0 Å². The van der Waals surface area contributed by atoms with E-state index in [-0.39, 0.29) is 0 Å². The Morgan fingerprint density at radius 3 is 2.46 bits per heavy atom. The number of anilines is 2. The molecule has 4 rings (SSSR count). The fourth-order valence-electron chi connectivity index (χ4n) is 2.90. The summed E-state index contributed by atoms with van der Waals surface area (Å²) < 4.78 is 1.12. The van der Waals surface area contributed by atoms with Gasteiger partial charge in [0.15, 0.2) is 5.13 Å². The summed E-state index contributed by atoms with van der Waals surface area (Å²) in [7, 11) is 0. The molecule has 0 radical (unpaired) electrons. The van der Waals surface area contributed by atoms with Crippen LogP contribution in [0.15, 0.2) is 36.4 Å². The van der Waals surface area contributed by atoms with Crippen LogP contribution in [0, 0.1) is 0 Å². The third-order valence-corrected chi connectivity index (χ3v) is 6.28. The smallest absolute Gasteiger partial charge is 0.186 e. The lowest BCUT2D eigenvalue weighted by Crippen LogP contribution is -2.46. The quantitative estimate of drug-likeness (QED) is 0.561. The lowest BCUT2D eigenvalue weighted by Gasteiger charge is -2.36. The Balaban J connectivity index is 1.52. The fraction of sp³-hybridized carbons (Fsp3) is 0.235. The van der Waals surface area contributed by atoms with Gasteiger partial charge in [-0.25, -0.2) is 4.98 Å². The minimum Gasteiger partial charge on any atom is -0.367 e. The molecule has 0 N–H and O–H groups in total. The molecule has 1 saturated heterocycles. The van der Waals surface area contributed by atoms with Gasteiger partial charge in [0.25, 0.3) is 0 Å². The van der Waals surface area contributed by atoms with Crippen molar-refractivity contribution < 1.29 is 0 Å². The maximum atomic E-state index is 6.34. The molecule has 2 aromatic carbocycles. The second-order valence-corrected chi connectivity index (χ2v) is 7.89. The van der Waals surface area contributed by atoms with Crippen LogP contribution in [-0.2, 0) is 0 Å². The van der Waals surface area contributed by atoms with Gasteiger partial charge in [-0.3, -0.25) is 0 Å². The average Bonchev–Trinajstić information content (AvgIpc) is 3.00. The normalized spacial score (nSPS) is 15.3. The molecular formula is C17H14Cl3N3S. The van der Waals surface area contributed by atoms with E-state index >= 15 is 0 Å². The molecule has 0 aliphatic carbocycles. The average molecular weight is 399 g/mol. The van der Waals surface area contributed by atoms with Crippen molar-refractivity contribution in [3.05, 3.63) is 51.5 Å². The molecule has 1 aliphatic heterocycles. The van der Waals surface area contributed by atoms with Gasteiger partial charge >= 0.3 is 0 Å². The zero-order valence-corrected chi connectivity index (χ0v) is 15.8. The van der Waals surface area contributed by atoms with Crippen molar-refractivity contribution in [3.8, 4) is 0 Å². The molecule has 124 valence electrons. The lowest BCUT2D eigenvalue weighted by molar-refractivity contribution is 0.652. The summed E-state index contributed by atoms with van der Waals surface area (Å²) >= 11 is 20.2. The molecule has 0 unspecified atom stereocenters. The van der Waals surface area contributed by atoms with Gasteiger partial charge in [-0.05, 0) is 30.3 Å². The predicted molar refractivity (Wildman–Crippen MR) is 106 cm³/mol. The molecule has 1 aliphatic rings. The Hall–Kier alpha value is -1.20. The molecule has 24 heavy (non-hydrogen) atoms. The highest BCUT2D eigenvalue weighted by molar-refractivity contribution is 7.22. The van der Waals surface area contributed by atoms with Crippen LogP contribution in [0.1, 0.15) is 0 Å². The molecule has 0 saturated carbocycles. The van der Waals surface area contributed by atoms with Gasteiger partial charge < -0.3 is 9.80 Å². The monoisotopic (exact) mass is 397 g/mol. The number of halogens is 3. The van der Waals surface area contributed by atoms with Crippen molar-refractivity contribution in [1.82, 2.24) is 4.98 Å². The van der Waals surface area contributed by atoms with E-state index in [0.29, 0.717) is 10.0 Å². The van der Waals surface area contributed by atoms with Crippen LogP contribution in [0.25, 0.3) is 10.2 Å². The van der Waals surface area contributed by atoms with Crippen molar-refractivity contribution in [3.63, 3.8) is 0 Å². The zero-order valence-electron chi connectivity index (χ0n) is 12.7. The number of hydrogen-bond donors (Lipinski definition) is 0. The molecule has 3 nitrogen and oxygen atoms in total. The van der Waals surface area contributed by atoms with Gasteiger partial charge in [-0.1, -0.05) is 52.2 Å². The topological polar surface area (TPSA) is 19.4 Å². The van der Waals surface area contributed by atoms with E-state index in [9.17, 15) is 0 Å². The number of aromatic nitrogens is 1. The van der Waals surface area contributed by atoms with Crippen molar-refractivity contribution in [2.45, 2.75) is 0 Å². The van der Waals surface area contributed by atoms with Crippen LogP contribution in [0.4, 0.5) is 10.8 Å². The highest BCUT2D eigenvalue weighted by atomic mass is 35.5. The number of hydrogen-bond acceptors (Lipinski definition) is 4. The third-order valence-electron chi connectivity index (χ3n) is 4.16. The third kappa shape index (κ3) is 3.04. The molecule has 0 spiro atoms. The van der Waals surface area contributed by atoms with Gasteiger partial charge in [0.05, 0.1) is 25.9 Å². The largest absolute Gasteiger partial charge is 0.367 e. The molecule has 0 amide bonds. The molecule has 2 heterocycles. The Labute approximate surface area is 159 Å². The molecule has 7 heteroatoms. The lowest BCUT2D eigenvalue weighted by atomic mass is 10.2. The molecule has 3 aromatic rings. The van der Waals surface area contributed by atoms with Crippen LogP contribution in [0.2, 0.25) is 15.1 Å².